The highest BCUT2D eigenvalue weighted by Crippen LogP contribution is 2.31. The zero-order chi connectivity index (χ0) is 15.0. The predicted octanol–water partition coefficient (Wildman–Crippen LogP) is 4.12. The molecule has 0 heterocycles. The van der Waals surface area contributed by atoms with Gasteiger partial charge in [-0.15, -0.1) is 0 Å². The van der Waals surface area contributed by atoms with E-state index in [0.29, 0.717) is 17.1 Å². The summed E-state index contributed by atoms with van der Waals surface area (Å²) in [6.45, 7) is 4.28. The van der Waals surface area contributed by atoms with E-state index in [4.69, 9.17) is 0 Å². The van der Waals surface area contributed by atoms with Gasteiger partial charge in [0.1, 0.15) is 0 Å². The molecule has 21 heavy (non-hydrogen) atoms. The molecule has 0 fully saturated rings. The molecule has 2 nitrogen and oxygen atoms in total. The molecule has 0 N–H and O–H groups in total. The van der Waals surface area contributed by atoms with Crippen LogP contribution in [-0.4, -0.2) is 11.6 Å². The van der Waals surface area contributed by atoms with E-state index < -0.39 is 11.6 Å². The van der Waals surface area contributed by atoms with Crippen LogP contribution in [0.15, 0.2) is 48.5 Å². The summed E-state index contributed by atoms with van der Waals surface area (Å²) in [5.41, 5.74) is 3.93. The molecule has 0 saturated carbocycles. The van der Waals surface area contributed by atoms with Crippen molar-refractivity contribution >= 4 is 23.2 Å². The van der Waals surface area contributed by atoms with E-state index in [9.17, 15) is 9.59 Å². The van der Waals surface area contributed by atoms with Crippen LogP contribution in [0.5, 0.6) is 0 Å². The van der Waals surface area contributed by atoms with Crippen molar-refractivity contribution in [2.24, 2.45) is 0 Å². The Bertz CT molecular complexity index is 749. The van der Waals surface area contributed by atoms with Crippen LogP contribution in [0, 0.1) is 0 Å². The Kier molecular flexibility index (Phi) is 3.30. The third-order valence-corrected chi connectivity index (χ3v) is 3.83. The predicted molar refractivity (Wildman–Crippen MR) is 84.2 cm³/mol. The maximum Gasteiger partial charge on any atom is 0.234 e. The lowest BCUT2D eigenvalue weighted by Gasteiger charge is -2.05. The third kappa shape index (κ3) is 2.33. The lowest BCUT2D eigenvalue weighted by molar-refractivity contribution is -0.109. The van der Waals surface area contributed by atoms with Crippen molar-refractivity contribution in [1.82, 2.24) is 0 Å². The zero-order valence-electron chi connectivity index (χ0n) is 12.1. The average molecular weight is 276 g/mol. The fraction of sp³-hybridized carbons (Fsp3) is 0.158. The Morgan fingerprint density at radius 2 is 1.43 bits per heavy atom. The Morgan fingerprint density at radius 3 is 2.05 bits per heavy atom. The molecule has 2 aromatic rings. The van der Waals surface area contributed by atoms with Crippen molar-refractivity contribution < 1.29 is 9.59 Å². The van der Waals surface area contributed by atoms with E-state index in [1.807, 2.05) is 24.3 Å². The minimum atomic E-state index is -0.413. The highest BCUT2D eigenvalue weighted by molar-refractivity contribution is 6.64. The van der Waals surface area contributed by atoms with Crippen LogP contribution in [0.1, 0.15) is 46.8 Å². The molecule has 1 aliphatic carbocycles. The molecule has 2 heteroatoms. The number of benzene rings is 2. The normalized spacial score (nSPS) is 15.9. The van der Waals surface area contributed by atoms with Crippen molar-refractivity contribution in [3.8, 4) is 0 Å². The van der Waals surface area contributed by atoms with Gasteiger partial charge in [-0.1, -0.05) is 62.4 Å². The summed E-state index contributed by atoms with van der Waals surface area (Å²) in [7, 11) is 0. The van der Waals surface area contributed by atoms with Gasteiger partial charge in [0.25, 0.3) is 0 Å². The summed E-state index contributed by atoms with van der Waals surface area (Å²) in [5.74, 6) is -0.345. The fourth-order valence-corrected chi connectivity index (χ4v) is 2.57. The lowest BCUT2D eigenvalue weighted by Crippen LogP contribution is -2.05. The van der Waals surface area contributed by atoms with Gasteiger partial charge in [-0.2, -0.15) is 0 Å². The van der Waals surface area contributed by atoms with Gasteiger partial charge < -0.3 is 0 Å². The number of allylic oxidation sites excluding steroid dienone is 1. The monoisotopic (exact) mass is 276 g/mol. The van der Waals surface area contributed by atoms with Crippen molar-refractivity contribution in [2.75, 3.05) is 0 Å². The van der Waals surface area contributed by atoms with Crippen LogP contribution in [0.3, 0.4) is 0 Å². The standard InChI is InChI=1S/C19H16O2/c1-12(2)14-9-7-13(8-10-14)11-17-15-5-3-4-6-16(15)18(20)19(17)21/h3-12H,1-2H3/b17-11-. The summed E-state index contributed by atoms with van der Waals surface area (Å²) >= 11 is 0. The van der Waals surface area contributed by atoms with Gasteiger partial charge in [-0.3, -0.25) is 9.59 Å². The number of hydrogen-bond donors (Lipinski definition) is 0. The largest absolute Gasteiger partial charge is 0.285 e. The molecule has 0 bridgehead atoms. The second-order valence-corrected chi connectivity index (χ2v) is 5.58. The minimum absolute atomic E-state index is 0.407. The molecule has 3 rings (SSSR count). The first kappa shape index (κ1) is 13.5. The SMILES string of the molecule is CC(C)c1ccc(/C=C2\C(=O)C(=O)c3ccccc32)cc1. The molecule has 2 aromatic carbocycles. The molecule has 0 aromatic heterocycles. The number of fused-ring (bicyclic) bond motifs is 1. The molecule has 104 valence electrons. The first-order valence-corrected chi connectivity index (χ1v) is 7.08. The van der Waals surface area contributed by atoms with E-state index in [-0.39, 0.29) is 0 Å². The summed E-state index contributed by atoms with van der Waals surface area (Å²) in [4.78, 5) is 24.1. The van der Waals surface area contributed by atoms with Gasteiger partial charge in [0.05, 0.1) is 0 Å². The van der Waals surface area contributed by atoms with E-state index in [1.165, 1.54) is 5.56 Å². The Labute approximate surface area is 124 Å². The highest BCUT2D eigenvalue weighted by atomic mass is 16.2. The average Bonchev–Trinajstić information content (AvgIpc) is 2.73. The van der Waals surface area contributed by atoms with Crippen LogP contribution in [-0.2, 0) is 4.79 Å². The van der Waals surface area contributed by atoms with Crippen LogP contribution in [0.4, 0.5) is 0 Å². The van der Waals surface area contributed by atoms with Crippen molar-refractivity contribution in [3.63, 3.8) is 0 Å². The number of carbonyl (C=O) groups is 2. The number of rotatable bonds is 2. The fourth-order valence-electron chi connectivity index (χ4n) is 2.57. The van der Waals surface area contributed by atoms with Crippen molar-refractivity contribution in [1.29, 1.82) is 0 Å². The lowest BCUT2D eigenvalue weighted by atomic mass is 9.99. The molecular formula is C19H16O2. The summed E-state index contributed by atoms with van der Waals surface area (Å²) < 4.78 is 0. The Balaban J connectivity index is 2.04. The summed E-state index contributed by atoms with van der Waals surface area (Å²) in [6.07, 6.45) is 1.80. The Morgan fingerprint density at radius 1 is 0.810 bits per heavy atom. The van der Waals surface area contributed by atoms with Gasteiger partial charge in [0.15, 0.2) is 0 Å². The van der Waals surface area contributed by atoms with Gasteiger partial charge in [0.2, 0.25) is 11.6 Å². The summed E-state index contributed by atoms with van der Waals surface area (Å²) in [5, 5.41) is 0. The topological polar surface area (TPSA) is 34.1 Å². The molecular weight excluding hydrogens is 260 g/mol. The number of carbonyl (C=O) groups excluding carboxylic acids is 2. The quantitative estimate of drug-likeness (QED) is 0.611. The molecule has 1 aliphatic rings. The highest BCUT2D eigenvalue weighted by Gasteiger charge is 2.32. The van der Waals surface area contributed by atoms with E-state index in [0.717, 1.165) is 11.1 Å². The zero-order valence-corrected chi connectivity index (χ0v) is 12.1. The molecule has 0 saturated heterocycles. The van der Waals surface area contributed by atoms with Crippen LogP contribution < -0.4 is 0 Å². The molecule has 0 spiro atoms. The first-order valence-electron chi connectivity index (χ1n) is 7.08. The van der Waals surface area contributed by atoms with Crippen LogP contribution in [0.25, 0.3) is 11.6 Å². The van der Waals surface area contributed by atoms with Crippen LogP contribution in [0.2, 0.25) is 0 Å². The van der Waals surface area contributed by atoms with Crippen LogP contribution >= 0.6 is 0 Å². The smallest absolute Gasteiger partial charge is 0.234 e. The number of hydrogen-bond acceptors (Lipinski definition) is 2. The maximum atomic E-state index is 12.1. The van der Waals surface area contributed by atoms with E-state index in [1.54, 1.807) is 18.2 Å². The molecule has 0 amide bonds. The van der Waals surface area contributed by atoms with E-state index >= 15 is 0 Å². The summed E-state index contributed by atoms with van der Waals surface area (Å²) in [6, 6.07) is 15.3. The van der Waals surface area contributed by atoms with Gasteiger partial charge >= 0.3 is 0 Å². The number of Topliss-reactive ketones (excluding diaryl/α,β-unsaturated/α-hetero) is 2. The van der Waals surface area contributed by atoms with Crippen molar-refractivity contribution in [3.05, 3.63) is 70.8 Å². The first-order chi connectivity index (χ1) is 10.1. The van der Waals surface area contributed by atoms with Gasteiger partial charge in [-0.25, -0.2) is 0 Å². The second kappa shape index (κ2) is 5.13. The number of ketones is 2. The maximum absolute atomic E-state index is 12.1. The van der Waals surface area contributed by atoms with E-state index in [2.05, 4.69) is 26.0 Å². The third-order valence-electron chi connectivity index (χ3n) is 3.83. The van der Waals surface area contributed by atoms with Gasteiger partial charge in [-0.05, 0) is 28.7 Å². The van der Waals surface area contributed by atoms with Crippen molar-refractivity contribution in [2.45, 2.75) is 19.8 Å². The minimum Gasteiger partial charge on any atom is -0.285 e. The Hall–Kier alpha value is -2.48. The molecule has 0 unspecified atom stereocenters. The molecule has 0 atom stereocenters. The second-order valence-electron chi connectivity index (χ2n) is 5.58. The van der Waals surface area contributed by atoms with Gasteiger partial charge in [0, 0.05) is 11.1 Å². The molecule has 0 aliphatic heterocycles. The molecule has 0 radical (unpaired) electrons.